The summed E-state index contributed by atoms with van der Waals surface area (Å²) in [5, 5.41) is 5.58. The molecule has 0 saturated carbocycles. The van der Waals surface area contributed by atoms with E-state index in [-0.39, 0.29) is 5.91 Å². The van der Waals surface area contributed by atoms with E-state index in [0.29, 0.717) is 12.1 Å². The fourth-order valence-corrected chi connectivity index (χ4v) is 2.72. The largest absolute Gasteiger partial charge is 0.326 e. The van der Waals surface area contributed by atoms with Crippen molar-refractivity contribution in [2.45, 2.75) is 6.54 Å². The number of carbonyl (C=O) groups excluding carboxylic acids is 1. The molecule has 5 heteroatoms. The molecule has 0 bridgehead atoms. The summed E-state index contributed by atoms with van der Waals surface area (Å²) in [6.07, 6.45) is 0. The Balaban J connectivity index is 2.14. The third-order valence-electron chi connectivity index (χ3n) is 2.23. The number of hydrogen-bond acceptors (Lipinski definition) is 3. The second kappa shape index (κ2) is 5.44. The molecular formula is C12H11BrN2OS. The number of anilines is 1. The van der Waals surface area contributed by atoms with Crippen LogP contribution >= 0.6 is 27.3 Å². The smallest absolute Gasteiger partial charge is 0.256 e. The topological polar surface area (TPSA) is 55.1 Å². The molecule has 0 aliphatic carbocycles. The Kier molecular flexibility index (Phi) is 3.93. The molecule has 0 unspecified atom stereocenters. The van der Waals surface area contributed by atoms with Gasteiger partial charge in [0.2, 0.25) is 0 Å². The van der Waals surface area contributed by atoms with Gasteiger partial charge in [-0.1, -0.05) is 12.1 Å². The van der Waals surface area contributed by atoms with Crippen LogP contribution in [0.3, 0.4) is 0 Å². The molecule has 2 aromatic rings. The van der Waals surface area contributed by atoms with Gasteiger partial charge in [-0.15, -0.1) is 11.3 Å². The Labute approximate surface area is 112 Å². The first-order valence-corrected chi connectivity index (χ1v) is 6.70. The molecule has 0 saturated heterocycles. The van der Waals surface area contributed by atoms with Gasteiger partial charge in [0.25, 0.3) is 5.91 Å². The molecule has 3 nitrogen and oxygen atoms in total. The van der Waals surface area contributed by atoms with Crippen molar-refractivity contribution < 1.29 is 4.79 Å². The number of rotatable bonds is 3. The fourth-order valence-electron chi connectivity index (χ4n) is 1.40. The Bertz CT molecular complexity index is 539. The lowest BCUT2D eigenvalue weighted by molar-refractivity contribution is 0.102. The van der Waals surface area contributed by atoms with Crippen LogP contribution < -0.4 is 11.1 Å². The van der Waals surface area contributed by atoms with Crippen LogP contribution in [-0.2, 0) is 6.54 Å². The number of halogens is 1. The monoisotopic (exact) mass is 310 g/mol. The number of thiophene rings is 1. The molecule has 0 aliphatic heterocycles. The van der Waals surface area contributed by atoms with E-state index in [1.807, 2.05) is 23.6 Å². The summed E-state index contributed by atoms with van der Waals surface area (Å²) in [6.45, 7) is 0.436. The number of nitrogens with two attached hydrogens (primary N) is 1. The van der Waals surface area contributed by atoms with E-state index in [1.165, 1.54) is 11.3 Å². The van der Waals surface area contributed by atoms with Gasteiger partial charge in [-0.05, 0) is 39.7 Å². The standard InChI is InChI=1S/C12H11BrN2OS/c13-10-5-11(17-7-10)15-12(16)9-3-1-2-8(4-9)6-14/h1-5,7H,6,14H2,(H,15,16). The molecule has 17 heavy (non-hydrogen) atoms. The molecule has 0 spiro atoms. The normalized spacial score (nSPS) is 10.2. The van der Waals surface area contributed by atoms with Crippen molar-refractivity contribution in [2.75, 3.05) is 5.32 Å². The minimum atomic E-state index is -0.116. The first-order valence-electron chi connectivity index (χ1n) is 5.03. The van der Waals surface area contributed by atoms with Gasteiger partial charge in [0.05, 0.1) is 5.00 Å². The number of amides is 1. The van der Waals surface area contributed by atoms with Crippen LogP contribution in [0.5, 0.6) is 0 Å². The second-order valence-electron chi connectivity index (χ2n) is 3.49. The molecule has 88 valence electrons. The van der Waals surface area contributed by atoms with Gasteiger partial charge in [0, 0.05) is 22.0 Å². The van der Waals surface area contributed by atoms with Gasteiger partial charge in [-0.2, -0.15) is 0 Å². The summed E-state index contributed by atoms with van der Waals surface area (Å²) in [7, 11) is 0. The third-order valence-corrected chi connectivity index (χ3v) is 3.84. The van der Waals surface area contributed by atoms with Crippen molar-refractivity contribution in [1.82, 2.24) is 0 Å². The number of hydrogen-bond donors (Lipinski definition) is 2. The lowest BCUT2D eigenvalue weighted by atomic mass is 10.1. The molecule has 1 aromatic carbocycles. The van der Waals surface area contributed by atoms with Gasteiger partial charge >= 0.3 is 0 Å². The molecule has 1 heterocycles. The quantitative estimate of drug-likeness (QED) is 0.914. The van der Waals surface area contributed by atoms with Crippen LogP contribution in [-0.4, -0.2) is 5.91 Å². The van der Waals surface area contributed by atoms with Gasteiger partial charge in [0.15, 0.2) is 0 Å². The van der Waals surface area contributed by atoms with Gasteiger partial charge in [-0.3, -0.25) is 4.79 Å². The fraction of sp³-hybridized carbons (Fsp3) is 0.0833. The van der Waals surface area contributed by atoms with E-state index >= 15 is 0 Å². The van der Waals surface area contributed by atoms with Crippen LogP contribution in [0.2, 0.25) is 0 Å². The van der Waals surface area contributed by atoms with Gasteiger partial charge in [-0.25, -0.2) is 0 Å². The average molecular weight is 311 g/mol. The van der Waals surface area contributed by atoms with Gasteiger partial charge < -0.3 is 11.1 Å². The highest BCUT2D eigenvalue weighted by molar-refractivity contribution is 9.10. The first-order chi connectivity index (χ1) is 8.19. The Hall–Kier alpha value is -1.17. The maximum absolute atomic E-state index is 11.9. The zero-order valence-corrected chi connectivity index (χ0v) is 11.3. The highest BCUT2D eigenvalue weighted by Gasteiger charge is 2.07. The van der Waals surface area contributed by atoms with Crippen molar-refractivity contribution in [3.05, 3.63) is 51.3 Å². The summed E-state index contributed by atoms with van der Waals surface area (Å²) in [4.78, 5) is 11.9. The average Bonchev–Trinajstić information content (AvgIpc) is 2.75. The second-order valence-corrected chi connectivity index (χ2v) is 5.31. The first kappa shape index (κ1) is 12.3. The molecule has 3 N–H and O–H groups in total. The molecule has 0 atom stereocenters. The summed E-state index contributed by atoms with van der Waals surface area (Å²) in [6, 6.07) is 9.18. The summed E-state index contributed by atoms with van der Waals surface area (Å²) in [5.74, 6) is -0.116. The predicted molar refractivity (Wildman–Crippen MR) is 74.3 cm³/mol. The number of carbonyl (C=O) groups is 1. The van der Waals surface area contributed by atoms with E-state index in [4.69, 9.17) is 5.73 Å². The Morgan fingerprint density at radius 2 is 2.24 bits per heavy atom. The van der Waals surface area contributed by atoms with Crippen LogP contribution in [0.1, 0.15) is 15.9 Å². The zero-order valence-electron chi connectivity index (χ0n) is 8.94. The highest BCUT2D eigenvalue weighted by atomic mass is 79.9. The van der Waals surface area contributed by atoms with Crippen molar-refractivity contribution >= 4 is 38.2 Å². The SMILES string of the molecule is NCc1cccc(C(=O)Nc2cc(Br)cs2)c1. The summed E-state index contributed by atoms with van der Waals surface area (Å²) >= 11 is 4.82. The number of nitrogens with one attached hydrogen (secondary N) is 1. The maximum atomic E-state index is 11.9. The minimum Gasteiger partial charge on any atom is -0.326 e. The van der Waals surface area contributed by atoms with E-state index in [9.17, 15) is 4.79 Å². The molecular weight excluding hydrogens is 300 g/mol. The van der Waals surface area contributed by atoms with E-state index < -0.39 is 0 Å². The summed E-state index contributed by atoms with van der Waals surface area (Å²) in [5.41, 5.74) is 7.11. The minimum absolute atomic E-state index is 0.116. The van der Waals surface area contributed by atoms with Gasteiger partial charge in [0.1, 0.15) is 0 Å². The Morgan fingerprint density at radius 1 is 1.41 bits per heavy atom. The molecule has 0 radical (unpaired) electrons. The third kappa shape index (κ3) is 3.15. The van der Waals surface area contributed by atoms with E-state index in [2.05, 4.69) is 21.2 Å². The molecule has 1 amide bonds. The summed E-state index contributed by atoms with van der Waals surface area (Å²) < 4.78 is 0.966. The van der Waals surface area contributed by atoms with Crippen molar-refractivity contribution in [3.8, 4) is 0 Å². The molecule has 0 aliphatic rings. The van der Waals surface area contributed by atoms with E-state index in [1.54, 1.807) is 12.1 Å². The maximum Gasteiger partial charge on any atom is 0.256 e. The van der Waals surface area contributed by atoms with Crippen molar-refractivity contribution in [1.29, 1.82) is 0 Å². The molecule has 0 fully saturated rings. The molecule has 1 aromatic heterocycles. The van der Waals surface area contributed by atoms with Crippen molar-refractivity contribution in [2.24, 2.45) is 5.73 Å². The van der Waals surface area contributed by atoms with E-state index in [0.717, 1.165) is 15.0 Å². The van der Waals surface area contributed by atoms with Crippen LogP contribution in [0, 0.1) is 0 Å². The number of benzene rings is 1. The van der Waals surface area contributed by atoms with Crippen LogP contribution in [0.25, 0.3) is 0 Å². The zero-order chi connectivity index (χ0) is 12.3. The lowest BCUT2D eigenvalue weighted by Gasteiger charge is -2.04. The van der Waals surface area contributed by atoms with Crippen LogP contribution in [0.4, 0.5) is 5.00 Å². The Morgan fingerprint density at radius 3 is 2.88 bits per heavy atom. The lowest BCUT2D eigenvalue weighted by Crippen LogP contribution is -2.11. The predicted octanol–water partition coefficient (Wildman–Crippen LogP) is 3.22. The van der Waals surface area contributed by atoms with Crippen molar-refractivity contribution in [3.63, 3.8) is 0 Å². The highest BCUT2D eigenvalue weighted by Crippen LogP contribution is 2.24. The van der Waals surface area contributed by atoms with Crippen LogP contribution in [0.15, 0.2) is 40.2 Å². The molecule has 2 rings (SSSR count).